The van der Waals surface area contributed by atoms with Gasteiger partial charge in [0, 0.05) is 24.2 Å². The van der Waals surface area contributed by atoms with E-state index in [1.165, 1.54) is 29.2 Å². The van der Waals surface area contributed by atoms with Crippen molar-refractivity contribution in [1.82, 2.24) is 4.90 Å². The highest BCUT2D eigenvalue weighted by Crippen LogP contribution is 2.10. The Hall–Kier alpha value is -1.95. The summed E-state index contributed by atoms with van der Waals surface area (Å²) in [6.45, 7) is 5.52. The molecule has 6 heteroatoms. The van der Waals surface area contributed by atoms with Gasteiger partial charge in [-0.05, 0) is 51.5 Å². The Balaban J connectivity index is 2.60. The Kier molecular flexibility index (Phi) is 6.98. The summed E-state index contributed by atoms with van der Waals surface area (Å²) in [5.74, 6) is -0.774. The minimum atomic E-state index is -0.368. The zero-order valence-corrected chi connectivity index (χ0v) is 13.3. The lowest BCUT2D eigenvalue weighted by Gasteiger charge is -2.26. The summed E-state index contributed by atoms with van der Waals surface area (Å²) in [6, 6.07) is 5.36. The largest absolute Gasteiger partial charge is 0.331 e. The summed E-state index contributed by atoms with van der Waals surface area (Å²) in [5.41, 5.74) is 6.15. The fraction of sp³-hybridized carbons (Fsp3) is 0.500. The van der Waals surface area contributed by atoms with Crippen molar-refractivity contribution in [1.29, 1.82) is 0 Å². The van der Waals surface area contributed by atoms with E-state index in [-0.39, 0.29) is 36.3 Å². The van der Waals surface area contributed by atoms with E-state index in [1.807, 2.05) is 20.8 Å². The first-order chi connectivity index (χ1) is 10.3. The van der Waals surface area contributed by atoms with Gasteiger partial charge in [0.2, 0.25) is 11.8 Å². The van der Waals surface area contributed by atoms with E-state index in [0.29, 0.717) is 18.5 Å². The summed E-state index contributed by atoms with van der Waals surface area (Å²) < 4.78 is 12.8. The zero-order valence-electron chi connectivity index (χ0n) is 13.3. The molecule has 1 atom stereocenters. The molecule has 0 aliphatic heterocycles. The maximum atomic E-state index is 12.8. The van der Waals surface area contributed by atoms with Gasteiger partial charge in [0.05, 0.1) is 0 Å². The molecule has 0 aliphatic rings. The van der Waals surface area contributed by atoms with E-state index >= 15 is 0 Å². The van der Waals surface area contributed by atoms with Crippen molar-refractivity contribution in [2.45, 2.75) is 45.7 Å². The predicted octanol–water partition coefficient (Wildman–Crippen LogP) is 2.13. The fourth-order valence-electron chi connectivity index (χ4n) is 1.94. The quantitative estimate of drug-likeness (QED) is 0.810. The number of carbonyl (C=O) groups is 2. The van der Waals surface area contributed by atoms with Crippen molar-refractivity contribution in [3.8, 4) is 0 Å². The number of hydrogen-bond donors (Lipinski definition) is 2. The molecule has 0 spiro atoms. The Morgan fingerprint density at radius 2 is 1.82 bits per heavy atom. The summed E-state index contributed by atoms with van der Waals surface area (Å²) in [5, 5.41) is 2.65. The van der Waals surface area contributed by atoms with Crippen LogP contribution in [0.15, 0.2) is 24.3 Å². The van der Waals surface area contributed by atoms with Crippen LogP contribution in [0.1, 0.15) is 33.6 Å². The molecule has 0 fully saturated rings. The number of amides is 2. The molecule has 0 saturated carbocycles. The second-order valence-electron chi connectivity index (χ2n) is 5.69. The summed E-state index contributed by atoms with van der Waals surface area (Å²) >= 11 is 0. The van der Waals surface area contributed by atoms with Gasteiger partial charge < -0.3 is 16.0 Å². The molecular formula is C16H24FN3O2. The number of nitrogens with one attached hydrogen (secondary N) is 1. The molecule has 2 amide bonds. The molecule has 122 valence electrons. The second kappa shape index (κ2) is 8.48. The van der Waals surface area contributed by atoms with Crippen LogP contribution in [0.4, 0.5) is 10.1 Å². The van der Waals surface area contributed by atoms with Crippen LogP contribution in [0.2, 0.25) is 0 Å². The van der Waals surface area contributed by atoms with Crippen molar-refractivity contribution in [3.05, 3.63) is 30.1 Å². The average Bonchev–Trinajstić information content (AvgIpc) is 2.44. The first-order valence-corrected chi connectivity index (χ1v) is 7.40. The number of anilines is 1. The van der Waals surface area contributed by atoms with Gasteiger partial charge in [-0.25, -0.2) is 4.39 Å². The molecule has 0 saturated heterocycles. The standard InChI is InChI=1S/C16H24FN3O2/c1-11(2)20(16(22)9-4-12(3)18)10-15(21)19-14-7-5-13(17)6-8-14/h5-8,11-12H,4,9-10,18H2,1-3H3,(H,19,21). The van der Waals surface area contributed by atoms with E-state index in [9.17, 15) is 14.0 Å². The molecule has 3 N–H and O–H groups in total. The summed E-state index contributed by atoms with van der Waals surface area (Å²) in [7, 11) is 0. The number of rotatable bonds is 7. The van der Waals surface area contributed by atoms with Gasteiger partial charge in [0.25, 0.3) is 0 Å². The third-order valence-corrected chi connectivity index (χ3v) is 3.20. The van der Waals surface area contributed by atoms with Gasteiger partial charge in [-0.3, -0.25) is 9.59 Å². The van der Waals surface area contributed by atoms with Crippen molar-refractivity contribution >= 4 is 17.5 Å². The summed E-state index contributed by atoms with van der Waals surface area (Å²) in [4.78, 5) is 25.7. The molecule has 0 radical (unpaired) electrons. The molecule has 1 unspecified atom stereocenters. The van der Waals surface area contributed by atoms with Gasteiger partial charge in [-0.15, -0.1) is 0 Å². The predicted molar refractivity (Wildman–Crippen MR) is 84.8 cm³/mol. The van der Waals surface area contributed by atoms with Crippen molar-refractivity contribution in [2.24, 2.45) is 5.73 Å². The molecule has 1 aromatic carbocycles. The van der Waals surface area contributed by atoms with E-state index in [0.717, 1.165) is 0 Å². The van der Waals surface area contributed by atoms with Crippen molar-refractivity contribution in [2.75, 3.05) is 11.9 Å². The lowest BCUT2D eigenvalue weighted by Crippen LogP contribution is -2.42. The van der Waals surface area contributed by atoms with Gasteiger partial charge in [-0.2, -0.15) is 0 Å². The number of halogens is 1. The molecule has 22 heavy (non-hydrogen) atoms. The van der Waals surface area contributed by atoms with Crippen molar-refractivity contribution < 1.29 is 14.0 Å². The molecule has 0 heterocycles. The zero-order chi connectivity index (χ0) is 16.7. The SMILES string of the molecule is CC(N)CCC(=O)N(CC(=O)Nc1ccc(F)cc1)C(C)C. The first kappa shape index (κ1) is 18.1. The Labute approximate surface area is 130 Å². The van der Waals surface area contributed by atoms with Crippen LogP contribution in [0.25, 0.3) is 0 Å². The Bertz CT molecular complexity index is 501. The van der Waals surface area contributed by atoms with Crippen LogP contribution < -0.4 is 11.1 Å². The Morgan fingerprint density at radius 1 is 1.23 bits per heavy atom. The van der Waals surface area contributed by atoms with Crippen LogP contribution in [-0.2, 0) is 9.59 Å². The average molecular weight is 309 g/mol. The number of nitrogens with zero attached hydrogens (tertiary/aromatic N) is 1. The minimum Gasteiger partial charge on any atom is -0.331 e. The number of nitrogens with two attached hydrogens (primary N) is 1. The molecule has 0 aliphatic carbocycles. The third-order valence-electron chi connectivity index (χ3n) is 3.20. The number of carbonyl (C=O) groups excluding carboxylic acids is 2. The highest BCUT2D eigenvalue weighted by atomic mass is 19.1. The first-order valence-electron chi connectivity index (χ1n) is 7.40. The van der Waals surface area contributed by atoms with Gasteiger partial charge in [-0.1, -0.05) is 0 Å². The number of benzene rings is 1. The fourth-order valence-corrected chi connectivity index (χ4v) is 1.94. The Morgan fingerprint density at radius 3 is 2.32 bits per heavy atom. The van der Waals surface area contributed by atoms with Crippen molar-refractivity contribution in [3.63, 3.8) is 0 Å². The van der Waals surface area contributed by atoms with Crippen LogP contribution >= 0.6 is 0 Å². The lowest BCUT2D eigenvalue weighted by molar-refractivity contribution is -0.136. The lowest BCUT2D eigenvalue weighted by atomic mass is 10.1. The van der Waals surface area contributed by atoms with Crippen LogP contribution in [0.5, 0.6) is 0 Å². The molecular weight excluding hydrogens is 285 g/mol. The van der Waals surface area contributed by atoms with Gasteiger partial charge >= 0.3 is 0 Å². The van der Waals surface area contributed by atoms with E-state index < -0.39 is 0 Å². The maximum absolute atomic E-state index is 12.8. The third kappa shape index (κ3) is 6.22. The monoisotopic (exact) mass is 309 g/mol. The smallest absolute Gasteiger partial charge is 0.244 e. The normalized spacial score (nSPS) is 12.1. The second-order valence-corrected chi connectivity index (χ2v) is 5.69. The molecule has 0 bridgehead atoms. The van der Waals surface area contributed by atoms with Crippen LogP contribution in [-0.4, -0.2) is 35.3 Å². The number of hydrogen-bond acceptors (Lipinski definition) is 3. The molecule has 0 aromatic heterocycles. The topological polar surface area (TPSA) is 75.4 Å². The molecule has 5 nitrogen and oxygen atoms in total. The minimum absolute atomic E-state index is 0.0349. The summed E-state index contributed by atoms with van der Waals surface area (Å²) in [6.07, 6.45) is 0.904. The maximum Gasteiger partial charge on any atom is 0.244 e. The van der Waals surface area contributed by atoms with E-state index in [1.54, 1.807) is 0 Å². The molecule has 1 rings (SSSR count). The van der Waals surface area contributed by atoms with Gasteiger partial charge in [0.15, 0.2) is 0 Å². The van der Waals surface area contributed by atoms with E-state index in [2.05, 4.69) is 5.32 Å². The van der Waals surface area contributed by atoms with Crippen LogP contribution in [0, 0.1) is 5.82 Å². The van der Waals surface area contributed by atoms with E-state index in [4.69, 9.17) is 5.73 Å². The highest BCUT2D eigenvalue weighted by molar-refractivity contribution is 5.94. The van der Waals surface area contributed by atoms with Gasteiger partial charge in [0.1, 0.15) is 12.4 Å². The van der Waals surface area contributed by atoms with Crippen LogP contribution in [0.3, 0.4) is 0 Å². The highest BCUT2D eigenvalue weighted by Gasteiger charge is 2.20. The molecule has 1 aromatic rings.